The van der Waals surface area contributed by atoms with Crippen LogP contribution in [0.3, 0.4) is 0 Å². The molecule has 92 valence electrons. The Hall–Kier alpha value is -1.22. The first kappa shape index (κ1) is 10.9. The van der Waals surface area contributed by atoms with E-state index in [9.17, 15) is 0 Å². The van der Waals surface area contributed by atoms with E-state index < -0.39 is 0 Å². The van der Waals surface area contributed by atoms with Crippen LogP contribution in [0.2, 0.25) is 0 Å². The number of hydrogen-bond acceptors (Lipinski definition) is 3. The van der Waals surface area contributed by atoms with Crippen LogP contribution in [0.25, 0.3) is 0 Å². The summed E-state index contributed by atoms with van der Waals surface area (Å²) >= 11 is 0. The van der Waals surface area contributed by atoms with Crippen molar-refractivity contribution in [2.75, 3.05) is 31.2 Å². The van der Waals surface area contributed by atoms with Crippen LogP contribution in [-0.2, 0) is 0 Å². The zero-order valence-corrected chi connectivity index (χ0v) is 10.7. The van der Waals surface area contributed by atoms with Crippen molar-refractivity contribution in [1.82, 2.24) is 4.90 Å². The largest absolute Gasteiger partial charge is 0.399 e. The van der Waals surface area contributed by atoms with Crippen LogP contribution in [0.4, 0.5) is 11.4 Å². The number of nitrogen functional groups attached to an aromatic ring is 1. The molecule has 0 aromatic heterocycles. The number of hydrogen-bond donors (Lipinski definition) is 2. The Morgan fingerprint density at radius 3 is 2.65 bits per heavy atom. The third kappa shape index (κ3) is 1.89. The average Bonchev–Trinajstić information content (AvgIpc) is 2.16. The zero-order chi connectivity index (χ0) is 12.0. The minimum atomic E-state index is 0.647. The molecule has 2 aliphatic rings. The van der Waals surface area contributed by atoms with Crippen LogP contribution in [-0.4, -0.2) is 31.1 Å². The summed E-state index contributed by atoms with van der Waals surface area (Å²) in [5.74, 6) is 0. The molecule has 1 saturated carbocycles. The summed E-state index contributed by atoms with van der Waals surface area (Å²) in [6.45, 7) is 4.68. The van der Waals surface area contributed by atoms with Crippen molar-refractivity contribution in [3.63, 3.8) is 0 Å². The van der Waals surface area contributed by atoms with E-state index in [1.54, 1.807) is 0 Å². The van der Waals surface area contributed by atoms with E-state index in [1.165, 1.54) is 37.2 Å². The maximum atomic E-state index is 5.76. The monoisotopic (exact) mass is 231 g/mol. The van der Waals surface area contributed by atoms with E-state index in [-0.39, 0.29) is 0 Å². The lowest BCUT2D eigenvalue weighted by Gasteiger charge is -2.58. The first-order valence-corrected chi connectivity index (χ1v) is 6.38. The molecule has 2 fully saturated rings. The number of rotatable bonds is 2. The van der Waals surface area contributed by atoms with Gasteiger partial charge in [-0.3, -0.25) is 0 Å². The van der Waals surface area contributed by atoms with Gasteiger partial charge in [0.2, 0.25) is 0 Å². The van der Waals surface area contributed by atoms with Gasteiger partial charge in [-0.2, -0.15) is 0 Å². The lowest BCUT2D eigenvalue weighted by Crippen LogP contribution is -2.63. The molecule has 1 saturated heterocycles. The number of nitrogens with zero attached hydrogens (tertiary/aromatic N) is 1. The Labute approximate surface area is 103 Å². The van der Waals surface area contributed by atoms with Crippen molar-refractivity contribution in [3.8, 4) is 0 Å². The fourth-order valence-corrected chi connectivity index (χ4v) is 3.51. The zero-order valence-electron chi connectivity index (χ0n) is 10.7. The van der Waals surface area contributed by atoms with E-state index in [2.05, 4.69) is 30.3 Å². The van der Waals surface area contributed by atoms with E-state index in [4.69, 9.17) is 5.73 Å². The lowest BCUT2D eigenvalue weighted by molar-refractivity contribution is -0.0513. The van der Waals surface area contributed by atoms with Crippen molar-refractivity contribution in [1.29, 1.82) is 0 Å². The third-order valence-corrected chi connectivity index (χ3v) is 4.18. The molecule has 1 aromatic carbocycles. The highest BCUT2D eigenvalue weighted by Gasteiger charge is 2.50. The summed E-state index contributed by atoms with van der Waals surface area (Å²) in [5, 5.41) is 3.64. The molecular weight excluding hydrogens is 210 g/mol. The van der Waals surface area contributed by atoms with Crippen LogP contribution in [0, 0.1) is 12.3 Å². The van der Waals surface area contributed by atoms with Crippen LogP contribution in [0.5, 0.6) is 0 Å². The highest BCUT2D eigenvalue weighted by Crippen LogP contribution is 2.48. The molecular formula is C14H21N3. The van der Waals surface area contributed by atoms with E-state index in [0.29, 0.717) is 11.5 Å². The molecule has 1 aliphatic carbocycles. The normalized spacial score (nSPS) is 23.2. The summed E-state index contributed by atoms with van der Waals surface area (Å²) in [5.41, 5.74) is 9.74. The summed E-state index contributed by atoms with van der Waals surface area (Å²) < 4.78 is 0. The molecule has 3 heteroatoms. The number of nitrogens with one attached hydrogen (secondary N) is 1. The van der Waals surface area contributed by atoms with E-state index in [1.807, 2.05) is 12.1 Å². The summed E-state index contributed by atoms with van der Waals surface area (Å²) in [4.78, 5) is 2.41. The predicted molar refractivity (Wildman–Crippen MR) is 72.2 cm³/mol. The first-order chi connectivity index (χ1) is 8.06. The molecule has 3 nitrogen and oxygen atoms in total. The topological polar surface area (TPSA) is 41.3 Å². The molecule has 0 amide bonds. The first-order valence-electron chi connectivity index (χ1n) is 6.38. The summed E-state index contributed by atoms with van der Waals surface area (Å²) in [7, 11) is 2.20. The lowest BCUT2D eigenvalue weighted by atomic mass is 9.61. The smallest absolute Gasteiger partial charge is 0.0373 e. The second-order valence-electron chi connectivity index (χ2n) is 6.00. The molecule has 1 aliphatic heterocycles. The quantitative estimate of drug-likeness (QED) is 0.766. The van der Waals surface area contributed by atoms with Crippen molar-refractivity contribution in [2.45, 2.75) is 25.8 Å². The number of likely N-dealkylation sites (tertiary alicyclic amines) is 1. The second-order valence-corrected chi connectivity index (χ2v) is 6.00. The molecule has 1 heterocycles. The standard InChI is InChI=1S/C14H21N3/c1-10-5-11(15)3-4-13(10)16-12-6-14(7-12)8-17(2)9-14/h3-5,12,16H,6-9,15H2,1-2H3. The van der Waals surface area contributed by atoms with Crippen LogP contribution >= 0.6 is 0 Å². The van der Waals surface area contributed by atoms with Gasteiger partial charge in [0.1, 0.15) is 0 Å². The minimum absolute atomic E-state index is 0.647. The second kappa shape index (κ2) is 3.64. The average molecular weight is 231 g/mol. The summed E-state index contributed by atoms with van der Waals surface area (Å²) in [6.07, 6.45) is 2.64. The Bertz CT molecular complexity index is 427. The van der Waals surface area contributed by atoms with Gasteiger partial charge >= 0.3 is 0 Å². The van der Waals surface area contributed by atoms with Gasteiger partial charge in [0.25, 0.3) is 0 Å². The van der Waals surface area contributed by atoms with E-state index in [0.717, 1.165) is 5.69 Å². The Balaban J connectivity index is 1.59. The van der Waals surface area contributed by atoms with Gasteiger partial charge in [0.05, 0.1) is 0 Å². The molecule has 17 heavy (non-hydrogen) atoms. The Kier molecular flexibility index (Phi) is 2.33. The van der Waals surface area contributed by atoms with Crippen LogP contribution in [0.1, 0.15) is 18.4 Å². The number of anilines is 2. The van der Waals surface area contributed by atoms with E-state index >= 15 is 0 Å². The third-order valence-electron chi connectivity index (χ3n) is 4.18. The Morgan fingerprint density at radius 1 is 1.35 bits per heavy atom. The van der Waals surface area contributed by atoms with Crippen molar-refractivity contribution < 1.29 is 0 Å². The van der Waals surface area contributed by atoms with Gasteiger partial charge in [-0.05, 0) is 56.0 Å². The van der Waals surface area contributed by atoms with Crippen molar-refractivity contribution in [3.05, 3.63) is 23.8 Å². The van der Waals surface area contributed by atoms with Gasteiger partial charge < -0.3 is 16.0 Å². The molecule has 1 aromatic rings. The molecule has 0 unspecified atom stereocenters. The molecule has 0 bridgehead atoms. The van der Waals surface area contributed by atoms with Crippen LogP contribution in [0.15, 0.2) is 18.2 Å². The van der Waals surface area contributed by atoms with Crippen molar-refractivity contribution in [2.24, 2.45) is 5.41 Å². The molecule has 1 spiro atoms. The SMILES string of the molecule is Cc1cc(N)ccc1NC1CC2(C1)CN(C)C2. The molecule has 3 rings (SSSR count). The van der Waals surface area contributed by atoms with Gasteiger partial charge in [-0.15, -0.1) is 0 Å². The number of aryl methyl sites for hydroxylation is 1. The Morgan fingerprint density at radius 2 is 2.06 bits per heavy atom. The van der Waals surface area contributed by atoms with Gasteiger partial charge in [-0.1, -0.05) is 0 Å². The fraction of sp³-hybridized carbons (Fsp3) is 0.571. The number of nitrogens with two attached hydrogens (primary N) is 1. The van der Waals surface area contributed by atoms with Gasteiger partial charge in [0.15, 0.2) is 0 Å². The summed E-state index contributed by atoms with van der Waals surface area (Å²) in [6, 6.07) is 6.77. The highest BCUT2D eigenvalue weighted by molar-refractivity contribution is 5.58. The van der Waals surface area contributed by atoms with Gasteiger partial charge in [-0.25, -0.2) is 0 Å². The minimum Gasteiger partial charge on any atom is -0.399 e. The maximum absolute atomic E-state index is 5.76. The maximum Gasteiger partial charge on any atom is 0.0373 e. The predicted octanol–water partition coefficient (Wildman–Crippen LogP) is 2.08. The van der Waals surface area contributed by atoms with Crippen molar-refractivity contribution >= 4 is 11.4 Å². The van der Waals surface area contributed by atoms with Crippen LogP contribution < -0.4 is 11.1 Å². The number of benzene rings is 1. The molecule has 3 N–H and O–H groups in total. The molecule has 0 atom stereocenters. The molecule has 0 radical (unpaired) electrons. The van der Waals surface area contributed by atoms with Gasteiger partial charge in [0, 0.05) is 30.5 Å². The fourth-order valence-electron chi connectivity index (χ4n) is 3.51. The highest BCUT2D eigenvalue weighted by atomic mass is 15.2.